The molecule has 0 atom stereocenters. The Morgan fingerprint density at radius 3 is 2.94 bits per heavy atom. The monoisotopic (exact) mass is 285 g/mol. The number of anilines is 1. The summed E-state index contributed by atoms with van der Waals surface area (Å²) in [7, 11) is 1.45. The molecule has 0 aliphatic rings. The molecular weight excluding hydrogens is 278 g/mol. The quantitative estimate of drug-likeness (QED) is 0.639. The standard InChI is InChI=1S/C9H8ClN5O2S/c1-17-6-7(10)12-3-13-8(6)18-9-14-4(11)2-5(16)15-9/h2-3H,1H3,(H3,11,14,15,16). The van der Waals surface area contributed by atoms with E-state index in [-0.39, 0.29) is 16.5 Å². The lowest BCUT2D eigenvalue weighted by Gasteiger charge is -2.06. The van der Waals surface area contributed by atoms with E-state index in [2.05, 4.69) is 19.9 Å². The van der Waals surface area contributed by atoms with Crippen LogP contribution >= 0.6 is 23.4 Å². The van der Waals surface area contributed by atoms with Gasteiger partial charge in [-0.3, -0.25) is 4.79 Å². The third-order valence-electron chi connectivity index (χ3n) is 1.86. The van der Waals surface area contributed by atoms with Crippen LogP contribution in [0, 0.1) is 0 Å². The van der Waals surface area contributed by atoms with Crippen LogP contribution in [-0.2, 0) is 0 Å². The summed E-state index contributed by atoms with van der Waals surface area (Å²) in [6.07, 6.45) is 1.29. The molecule has 0 aromatic carbocycles. The Hall–Kier alpha value is -1.80. The molecule has 0 bridgehead atoms. The van der Waals surface area contributed by atoms with Gasteiger partial charge in [0.15, 0.2) is 21.1 Å². The summed E-state index contributed by atoms with van der Waals surface area (Å²) < 4.78 is 5.08. The molecule has 0 aliphatic carbocycles. The lowest BCUT2D eigenvalue weighted by Crippen LogP contribution is -2.09. The second-order valence-corrected chi connectivity index (χ2v) is 4.42. The zero-order valence-electron chi connectivity index (χ0n) is 9.18. The molecule has 0 aliphatic heterocycles. The molecule has 2 rings (SSSR count). The van der Waals surface area contributed by atoms with Crippen LogP contribution in [0.2, 0.25) is 5.15 Å². The normalized spacial score (nSPS) is 10.3. The number of H-pyrrole nitrogens is 1. The fraction of sp³-hybridized carbons (Fsp3) is 0.111. The zero-order valence-corrected chi connectivity index (χ0v) is 10.7. The van der Waals surface area contributed by atoms with Gasteiger partial charge in [0.05, 0.1) is 7.11 Å². The highest BCUT2D eigenvalue weighted by atomic mass is 35.5. The summed E-state index contributed by atoms with van der Waals surface area (Å²) >= 11 is 6.93. The van der Waals surface area contributed by atoms with E-state index in [1.807, 2.05) is 0 Å². The van der Waals surface area contributed by atoms with Crippen LogP contribution in [0.3, 0.4) is 0 Å². The van der Waals surface area contributed by atoms with Crippen molar-refractivity contribution in [2.75, 3.05) is 12.8 Å². The summed E-state index contributed by atoms with van der Waals surface area (Å²) in [5.41, 5.74) is 5.14. The third kappa shape index (κ3) is 2.71. The SMILES string of the molecule is COc1c(Cl)ncnc1Sc1nc(N)cc(=O)[nH]1. The van der Waals surface area contributed by atoms with Gasteiger partial charge in [0.1, 0.15) is 12.1 Å². The smallest absolute Gasteiger partial charge is 0.253 e. The zero-order chi connectivity index (χ0) is 13.1. The van der Waals surface area contributed by atoms with Gasteiger partial charge in [-0.1, -0.05) is 11.6 Å². The largest absolute Gasteiger partial charge is 0.491 e. The number of rotatable bonds is 3. The topological polar surface area (TPSA) is 107 Å². The van der Waals surface area contributed by atoms with Gasteiger partial charge < -0.3 is 15.5 Å². The minimum atomic E-state index is -0.343. The van der Waals surface area contributed by atoms with Gasteiger partial charge in [-0.2, -0.15) is 0 Å². The average molecular weight is 286 g/mol. The molecule has 2 aromatic heterocycles. The number of aromatic nitrogens is 4. The molecule has 2 heterocycles. The molecule has 94 valence electrons. The Morgan fingerprint density at radius 2 is 2.28 bits per heavy atom. The minimum Gasteiger partial charge on any atom is -0.491 e. The number of aromatic amines is 1. The van der Waals surface area contributed by atoms with Crippen LogP contribution < -0.4 is 16.0 Å². The Balaban J connectivity index is 2.39. The van der Waals surface area contributed by atoms with E-state index in [1.54, 1.807) is 0 Å². The molecule has 0 unspecified atom stereocenters. The van der Waals surface area contributed by atoms with E-state index < -0.39 is 0 Å². The van der Waals surface area contributed by atoms with Crippen LogP contribution in [0.15, 0.2) is 27.4 Å². The first-order chi connectivity index (χ1) is 8.60. The van der Waals surface area contributed by atoms with Crippen molar-refractivity contribution >= 4 is 29.2 Å². The summed E-state index contributed by atoms with van der Waals surface area (Å²) in [4.78, 5) is 25.5. The van der Waals surface area contributed by atoms with Crippen LogP contribution in [0.1, 0.15) is 0 Å². The summed E-state index contributed by atoms with van der Waals surface area (Å²) in [5.74, 6) is 0.439. The first-order valence-electron chi connectivity index (χ1n) is 4.69. The second kappa shape index (κ2) is 5.23. The summed E-state index contributed by atoms with van der Waals surface area (Å²) in [5, 5.41) is 0.917. The Kier molecular flexibility index (Phi) is 3.68. The van der Waals surface area contributed by atoms with Gasteiger partial charge in [0.2, 0.25) is 0 Å². The molecule has 9 heteroatoms. The second-order valence-electron chi connectivity index (χ2n) is 3.08. The maximum Gasteiger partial charge on any atom is 0.253 e. The first-order valence-corrected chi connectivity index (χ1v) is 5.89. The predicted octanol–water partition coefficient (Wildman–Crippen LogP) is 0.955. The number of hydrogen-bond donors (Lipinski definition) is 2. The van der Waals surface area contributed by atoms with Crippen molar-refractivity contribution < 1.29 is 4.74 Å². The predicted molar refractivity (Wildman–Crippen MR) is 67.0 cm³/mol. The van der Waals surface area contributed by atoms with E-state index in [0.717, 1.165) is 11.8 Å². The molecule has 0 amide bonds. The van der Waals surface area contributed by atoms with Gasteiger partial charge in [0, 0.05) is 6.07 Å². The highest BCUT2D eigenvalue weighted by Gasteiger charge is 2.13. The number of nitrogens with zero attached hydrogens (tertiary/aromatic N) is 3. The van der Waals surface area contributed by atoms with Gasteiger partial charge in [-0.25, -0.2) is 15.0 Å². The van der Waals surface area contributed by atoms with Crippen molar-refractivity contribution in [1.29, 1.82) is 0 Å². The highest BCUT2D eigenvalue weighted by molar-refractivity contribution is 7.99. The Labute approximate surface area is 111 Å². The van der Waals surface area contributed by atoms with Gasteiger partial charge in [0.25, 0.3) is 5.56 Å². The number of nitrogens with two attached hydrogens (primary N) is 1. The molecule has 0 spiro atoms. The van der Waals surface area contributed by atoms with Crippen molar-refractivity contribution in [2.45, 2.75) is 10.2 Å². The van der Waals surface area contributed by atoms with Gasteiger partial charge in [-0.15, -0.1) is 0 Å². The first kappa shape index (κ1) is 12.7. The number of nitrogens with one attached hydrogen (secondary N) is 1. The maximum absolute atomic E-state index is 11.2. The van der Waals surface area contributed by atoms with E-state index in [0.29, 0.717) is 15.9 Å². The molecule has 7 nitrogen and oxygen atoms in total. The van der Waals surface area contributed by atoms with E-state index in [9.17, 15) is 4.79 Å². The molecule has 0 radical (unpaired) electrons. The lowest BCUT2D eigenvalue weighted by molar-refractivity contribution is 0.398. The molecular formula is C9H8ClN5O2S. The average Bonchev–Trinajstić information content (AvgIpc) is 2.27. The van der Waals surface area contributed by atoms with Crippen molar-refractivity contribution in [3.8, 4) is 5.75 Å². The van der Waals surface area contributed by atoms with Gasteiger partial charge in [-0.05, 0) is 11.8 Å². The summed E-state index contributed by atoms with van der Waals surface area (Å²) in [6, 6.07) is 1.19. The molecule has 0 saturated carbocycles. The molecule has 0 fully saturated rings. The fourth-order valence-electron chi connectivity index (χ4n) is 1.17. The molecule has 0 saturated heterocycles. The van der Waals surface area contributed by atoms with Crippen molar-refractivity contribution in [3.63, 3.8) is 0 Å². The Bertz CT molecular complexity index is 633. The number of methoxy groups -OCH3 is 1. The van der Waals surface area contributed by atoms with Crippen LogP contribution in [0.25, 0.3) is 0 Å². The Morgan fingerprint density at radius 1 is 1.50 bits per heavy atom. The summed E-state index contributed by atoms with van der Waals surface area (Å²) in [6.45, 7) is 0. The number of nitrogen functional groups attached to an aromatic ring is 1. The lowest BCUT2D eigenvalue weighted by atomic mass is 10.6. The number of halogens is 1. The molecule has 2 aromatic rings. The minimum absolute atomic E-state index is 0.125. The van der Waals surface area contributed by atoms with Crippen molar-refractivity contribution in [3.05, 3.63) is 27.9 Å². The molecule has 3 N–H and O–H groups in total. The van der Waals surface area contributed by atoms with E-state index in [1.165, 1.54) is 19.5 Å². The fourth-order valence-corrected chi connectivity index (χ4v) is 2.30. The maximum atomic E-state index is 11.2. The van der Waals surface area contributed by atoms with Gasteiger partial charge >= 0.3 is 0 Å². The molecule has 18 heavy (non-hydrogen) atoms. The van der Waals surface area contributed by atoms with Crippen LogP contribution in [-0.4, -0.2) is 27.0 Å². The van der Waals surface area contributed by atoms with E-state index in [4.69, 9.17) is 22.1 Å². The van der Waals surface area contributed by atoms with Crippen molar-refractivity contribution in [2.24, 2.45) is 0 Å². The third-order valence-corrected chi connectivity index (χ3v) is 3.00. The van der Waals surface area contributed by atoms with E-state index >= 15 is 0 Å². The van der Waals surface area contributed by atoms with Crippen LogP contribution in [0.5, 0.6) is 5.75 Å². The van der Waals surface area contributed by atoms with Crippen LogP contribution in [0.4, 0.5) is 5.82 Å². The highest BCUT2D eigenvalue weighted by Crippen LogP contribution is 2.34. The number of hydrogen-bond acceptors (Lipinski definition) is 7. The number of ether oxygens (including phenoxy) is 1. The van der Waals surface area contributed by atoms with Crippen molar-refractivity contribution in [1.82, 2.24) is 19.9 Å².